The van der Waals surface area contributed by atoms with Gasteiger partial charge in [-0.25, -0.2) is 0 Å². The highest BCUT2D eigenvalue weighted by atomic mass is 14.9. The van der Waals surface area contributed by atoms with E-state index in [1.165, 1.54) is 46.5 Å². The lowest BCUT2D eigenvalue weighted by Gasteiger charge is -2.15. The lowest BCUT2D eigenvalue weighted by atomic mass is 10.00. The molecule has 0 aliphatic heterocycles. The summed E-state index contributed by atoms with van der Waals surface area (Å²) in [6.45, 7) is 11.9. The van der Waals surface area contributed by atoms with Gasteiger partial charge in [-0.05, 0) is 60.9 Å². The first-order chi connectivity index (χ1) is 15.1. The maximum atomic E-state index is 5.04. The number of para-hydroxylation sites is 2. The van der Waals surface area contributed by atoms with Crippen LogP contribution in [0.4, 0.5) is 11.4 Å². The van der Waals surface area contributed by atoms with Gasteiger partial charge < -0.3 is 5.32 Å². The number of aliphatic imine (C=N–C) groups is 1. The molecule has 2 rings (SSSR count). The quantitative estimate of drug-likeness (QED) is 0.325. The van der Waals surface area contributed by atoms with Crippen molar-refractivity contribution in [1.82, 2.24) is 0 Å². The van der Waals surface area contributed by atoms with Crippen molar-refractivity contribution in [3.63, 3.8) is 0 Å². The van der Waals surface area contributed by atoms with E-state index < -0.39 is 0 Å². The first kappa shape index (κ1) is 24.9. The molecule has 2 heteroatoms. The van der Waals surface area contributed by atoms with E-state index in [4.69, 9.17) is 4.99 Å². The molecule has 0 atom stereocenters. The molecule has 0 fully saturated rings. The second-order valence-corrected chi connectivity index (χ2v) is 8.41. The summed E-state index contributed by atoms with van der Waals surface area (Å²) in [4.78, 5) is 5.04. The molecule has 2 nitrogen and oxygen atoms in total. The zero-order valence-electron chi connectivity index (χ0n) is 20.4. The molecule has 0 bridgehead atoms. The van der Waals surface area contributed by atoms with Crippen molar-refractivity contribution < 1.29 is 0 Å². The SMILES string of the molecule is CCCc1cccc(CCC)c1N=C(C)/C=C/CNc1c(CCC)cccc1CCC. The maximum absolute atomic E-state index is 5.04. The smallest absolute Gasteiger partial charge is 0.0696 e. The van der Waals surface area contributed by atoms with Gasteiger partial charge in [0.05, 0.1) is 5.69 Å². The fourth-order valence-corrected chi connectivity index (χ4v) is 4.17. The number of rotatable bonds is 13. The first-order valence-electron chi connectivity index (χ1n) is 12.3. The van der Waals surface area contributed by atoms with Gasteiger partial charge in [-0.3, -0.25) is 4.99 Å². The zero-order chi connectivity index (χ0) is 22.5. The van der Waals surface area contributed by atoms with E-state index in [1.807, 2.05) is 0 Å². The molecule has 0 aliphatic rings. The van der Waals surface area contributed by atoms with Crippen molar-refractivity contribution in [3.8, 4) is 0 Å². The van der Waals surface area contributed by atoms with Crippen LogP contribution in [0.2, 0.25) is 0 Å². The molecule has 0 aromatic heterocycles. The Hall–Kier alpha value is -2.35. The number of benzene rings is 2. The van der Waals surface area contributed by atoms with Crippen LogP contribution in [0.1, 0.15) is 82.6 Å². The molecular formula is C29H42N2. The van der Waals surface area contributed by atoms with E-state index in [1.54, 1.807) is 0 Å². The lowest BCUT2D eigenvalue weighted by molar-refractivity contribution is 0.895. The summed E-state index contributed by atoms with van der Waals surface area (Å²) in [5.41, 5.74) is 9.21. The molecule has 0 saturated heterocycles. The Labute approximate surface area is 190 Å². The third-order valence-electron chi connectivity index (χ3n) is 5.56. The van der Waals surface area contributed by atoms with E-state index in [2.05, 4.69) is 88.5 Å². The second-order valence-electron chi connectivity index (χ2n) is 8.41. The van der Waals surface area contributed by atoms with E-state index in [0.717, 1.165) is 50.8 Å². The fraction of sp³-hybridized carbons (Fsp3) is 0.483. The normalized spacial score (nSPS) is 12.0. The molecule has 31 heavy (non-hydrogen) atoms. The predicted octanol–water partition coefficient (Wildman–Crippen LogP) is 8.26. The molecule has 0 spiro atoms. The van der Waals surface area contributed by atoms with Gasteiger partial charge in [0.25, 0.3) is 0 Å². The van der Waals surface area contributed by atoms with E-state index >= 15 is 0 Å². The molecule has 1 N–H and O–H groups in total. The molecule has 0 aliphatic carbocycles. The van der Waals surface area contributed by atoms with Crippen LogP contribution in [0.5, 0.6) is 0 Å². The number of nitrogens with zero attached hydrogens (tertiary/aromatic N) is 1. The van der Waals surface area contributed by atoms with Crippen LogP contribution >= 0.6 is 0 Å². The number of anilines is 1. The van der Waals surface area contributed by atoms with Crippen LogP contribution < -0.4 is 5.32 Å². The summed E-state index contributed by atoms with van der Waals surface area (Å²) < 4.78 is 0. The van der Waals surface area contributed by atoms with Gasteiger partial charge in [0.2, 0.25) is 0 Å². The molecule has 0 unspecified atom stereocenters. The van der Waals surface area contributed by atoms with Crippen LogP contribution in [0.25, 0.3) is 0 Å². The number of hydrogen-bond donors (Lipinski definition) is 1. The number of hydrogen-bond acceptors (Lipinski definition) is 2. The van der Waals surface area contributed by atoms with Crippen LogP contribution in [0.3, 0.4) is 0 Å². The van der Waals surface area contributed by atoms with Gasteiger partial charge in [0, 0.05) is 17.9 Å². The summed E-state index contributed by atoms with van der Waals surface area (Å²) in [5, 5.41) is 3.69. The molecular weight excluding hydrogens is 376 g/mol. The Morgan fingerprint density at radius 1 is 0.742 bits per heavy atom. The zero-order valence-corrected chi connectivity index (χ0v) is 20.4. The molecule has 0 amide bonds. The van der Waals surface area contributed by atoms with Gasteiger partial charge in [-0.2, -0.15) is 0 Å². The minimum Gasteiger partial charge on any atom is -0.381 e. The maximum Gasteiger partial charge on any atom is 0.0696 e. The Kier molecular flexibility index (Phi) is 11.1. The molecule has 0 saturated carbocycles. The topological polar surface area (TPSA) is 24.4 Å². The van der Waals surface area contributed by atoms with E-state index in [0.29, 0.717) is 0 Å². The van der Waals surface area contributed by atoms with Crippen molar-refractivity contribution in [3.05, 3.63) is 70.8 Å². The van der Waals surface area contributed by atoms with Gasteiger partial charge in [-0.15, -0.1) is 0 Å². The summed E-state index contributed by atoms with van der Waals surface area (Å²) in [6.07, 6.45) is 13.4. The van der Waals surface area contributed by atoms with E-state index in [9.17, 15) is 0 Å². The number of allylic oxidation sites excluding steroid dienone is 1. The Morgan fingerprint density at radius 3 is 1.68 bits per heavy atom. The lowest BCUT2D eigenvalue weighted by Crippen LogP contribution is -2.06. The molecule has 0 heterocycles. The predicted molar refractivity (Wildman–Crippen MR) is 139 cm³/mol. The highest BCUT2D eigenvalue weighted by molar-refractivity contribution is 5.95. The minimum absolute atomic E-state index is 0.822. The van der Waals surface area contributed by atoms with Crippen molar-refractivity contribution >= 4 is 17.1 Å². The fourth-order valence-electron chi connectivity index (χ4n) is 4.17. The highest BCUT2D eigenvalue weighted by Gasteiger charge is 2.08. The summed E-state index contributed by atoms with van der Waals surface area (Å²) in [7, 11) is 0. The third-order valence-corrected chi connectivity index (χ3v) is 5.56. The van der Waals surface area contributed by atoms with Crippen molar-refractivity contribution in [2.24, 2.45) is 4.99 Å². The average Bonchev–Trinajstić information content (AvgIpc) is 2.75. The standard InChI is InChI=1S/C29H42N2/c1-6-13-24-18-10-19-25(14-7-2)28(24)30-22-12-17-23(5)31-29-26(15-8-3)20-11-21-27(29)16-9-4/h10-12,17-21,30H,6-9,13-16,22H2,1-5H3/b17-12+,31-23?. The van der Waals surface area contributed by atoms with Gasteiger partial charge in [0.1, 0.15) is 0 Å². The largest absolute Gasteiger partial charge is 0.381 e. The summed E-state index contributed by atoms with van der Waals surface area (Å²) in [5.74, 6) is 0. The van der Waals surface area contributed by atoms with Gasteiger partial charge in [0.15, 0.2) is 0 Å². The first-order valence-corrected chi connectivity index (χ1v) is 12.3. The number of nitrogens with one attached hydrogen (secondary N) is 1. The Balaban J connectivity index is 2.15. The summed E-state index contributed by atoms with van der Waals surface area (Å²) >= 11 is 0. The molecule has 2 aromatic carbocycles. The van der Waals surface area contributed by atoms with Gasteiger partial charge in [-0.1, -0.05) is 95.9 Å². The van der Waals surface area contributed by atoms with Crippen molar-refractivity contribution in [2.45, 2.75) is 86.0 Å². The second kappa shape index (κ2) is 13.9. The Morgan fingerprint density at radius 2 is 1.19 bits per heavy atom. The molecule has 168 valence electrons. The van der Waals surface area contributed by atoms with E-state index in [-0.39, 0.29) is 0 Å². The average molecular weight is 419 g/mol. The Bertz CT molecular complexity index is 813. The molecule has 0 radical (unpaired) electrons. The highest BCUT2D eigenvalue weighted by Crippen LogP contribution is 2.28. The summed E-state index contributed by atoms with van der Waals surface area (Å²) in [6, 6.07) is 13.4. The van der Waals surface area contributed by atoms with Crippen LogP contribution in [-0.4, -0.2) is 12.3 Å². The van der Waals surface area contributed by atoms with Crippen molar-refractivity contribution in [1.29, 1.82) is 0 Å². The molecule has 2 aromatic rings. The van der Waals surface area contributed by atoms with Crippen molar-refractivity contribution in [2.75, 3.05) is 11.9 Å². The minimum atomic E-state index is 0.822. The van der Waals surface area contributed by atoms with Crippen LogP contribution in [-0.2, 0) is 25.7 Å². The monoisotopic (exact) mass is 418 g/mol. The van der Waals surface area contributed by atoms with Crippen LogP contribution in [0, 0.1) is 0 Å². The van der Waals surface area contributed by atoms with Gasteiger partial charge >= 0.3 is 0 Å². The van der Waals surface area contributed by atoms with Crippen LogP contribution in [0.15, 0.2) is 53.5 Å². The number of aryl methyl sites for hydroxylation is 4. The third kappa shape index (κ3) is 7.69.